The minimum Gasteiger partial charge on any atom is -0.444 e. The molecule has 23 heavy (non-hydrogen) atoms. The molecule has 0 aromatic heterocycles. The summed E-state index contributed by atoms with van der Waals surface area (Å²) in [4.78, 5) is 11.7. The predicted molar refractivity (Wildman–Crippen MR) is 91.4 cm³/mol. The van der Waals surface area contributed by atoms with Crippen molar-refractivity contribution in [2.24, 2.45) is 5.92 Å². The zero-order valence-electron chi connectivity index (χ0n) is 15.2. The van der Waals surface area contributed by atoms with Gasteiger partial charge in [-0.05, 0) is 65.2 Å². The summed E-state index contributed by atoms with van der Waals surface area (Å²) in [6.07, 6.45) is 6.81. The van der Waals surface area contributed by atoms with Crippen molar-refractivity contribution in [3.63, 3.8) is 0 Å². The Hall–Kier alpha value is -0.810. The molecule has 3 N–H and O–H groups in total. The number of amides is 1. The number of ether oxygens (including phenoxy) is 1. The number of nitrogens with one attached hydrogen (secondary N) is 2. The molecule has 134 valence electrons. The molecule has 0 aromatic rings. The van der Waals surface area contributed by atoms with Crippen LogP contribution < -0.4 is 10.6 Å². The minimum absolute atomic E-state index is 0.188. The van der Waals surface area contributed by atoms with Gasteiger partial charge in [0.25, 0.3) is 0 Å². The van der Waals surface area contributed by atoms with Crippen molar-refractivity contribution < 1.29 is 14.6 Å². The van der Waals surface area contributed by atoms with Gasteiger partial charge in [0.2, 0.25) is 0 Å². The van der Waals surface area contributed by atoms with Crippen LogP contribution in [0, 0.1) is 5.92 Å². The molecule has 0 heterocycles. The molecule has 2 rings (SSSR count). The summed E-state index contributed by atoms with van der Waals surface area (Å²) in [5.74, 6) is 0.793. The average molecular weight is 326 g/mol. The molecule has 2 aliphatic rings. The first-order valence-electron chi connectivity index (χ1n) is 9.14. The molecule has 2 aliphatic carbocycles. The van der Waals surface area contributed by atoms with Crippen LogP contribution >= 0.6 is 0 Å². The Bertz CT molecular complexity index is 392. The van der Waals surface area contributed by atoms with Crippen LogP contribution in [-0.4, -0.2) is 41.0 Å². The number of carbonyl (C=O) groups excluding carboxylic acids is 1. The van der Waals surface area contributed by atoms with E-state index in [9.17, 15) is 9.90 Å². The second-order valence-electron chi connectivity index (χ2n) is 8.47. The fourth-order valence-corrected chi connectivity index (χ4v) is 3.51. The maximum atomic E-state index is 11.7. The molecule has 0 radical (unpaired) electrons. The van der Waals surface area contributed by atoms with E-state index >= 15 is 0 Å². The summed E-state index contributed by atoms with van der Waals surface area (Å²) in [7, 11) is 0. The van der Waals surface area contributed by atoms with Crippen LogP contribution in [0.2, 0.25) is 0 Å². The normalized spacial score (nSPS) is 34.6. The van der Waals surface area contributed by atoms with Crippen molar-refractivity contribution in [2.75, 3.05) is 6.54 Å². The van der Waals surface area contributed by atoms with Gasteiger partial charge in [-0.1, -0.05) is 13.3 Å². The SMILES string of the molecule is CCC1CCC(O)(CNC2CC(NC(=O)OC(C)(C)C)C2)CC1. The second-order valence-corrected chi connectivity index (χ2v) is 8.47. The van der Waals surface area contributed by atoms with E-state index in [0.717, 1.165) is 44.4 Å². The zero-order valence-corrected chi connectivity index (χ0v) is 15.2. The highest BCUT2D eigenvalue weighted by atomic mass is 16.6. The number of hydrogen-bond acceptors (Lipinski definition) is 4. The van der Waals surface area contributed by atoms with Gasteiger partial charge in [0, 0.05) is 18.6 Å². The second kappa shape index (κ2) is 7.39. The smallest absolute Gasteiger partial charge is 0.407 e. The molecule has 1 amide bonds. The molecule has 5 heteroatoms. The van der Waals surface area contributed by atoms with Gasteiger partial charge in [0.1, 0.15) is 5.60 Å². The fraction of sp³-hybridized carbons (Fsp3) is 0.944. The van der Waals surface area contributed by atoms with Crippen LogP contribution in [-0.2, 0) is 4.74 Å². The highest BCUT2D eigenvalue weighted by molar-refractivity contribution is 5.68. The third-order valence-corrected chi connectivity index (χ3v) is 5.19. The molecular formula is C18H34N2O3. The lowest BCUT2D eigenvalue weighted by Crippen LogP contribution is -2.56. The van der Waals surface area contributed by atoms with E-state index in [2.05, 4.69) is 17.6 Å². The fourth-order valence-electron chi connectivity index (χ4n) is 3.51. The van der Waals surface area contributed by atoms with Crippen molar-refractivity contribution in [1.29, 1.82) is 0 Å². The summed E-state index contributed by atoms with van der Waals surface area (Å²) in [5.41, 5.74) is -0.985. The number of rotatable bonds is 5. The molecule has 5 nitrogen and oxygen atoms in total. The van der Waals surface area contributed by atoms with Crippen LogP contribution in [0.5, 0.6) is 0 Å². The van der Waals surface area contributed by atoms with Gasteiger partial charge in [0.05, 0.1) is 5.60 Å². The van der Waals surface area contributed by atoms with Crippen molar-refractivity contribution >= 4 is 6.09 Å². The lowest BCUT2D eigenvalue weighted by atomic mass is 9.77. The predicted octanol–water partition coefficient (Wildman–Crippen LogP) is 2.96. The van der Waals surface area contributed by atoms with E-state index in [4.69, 9.17) is 4.74 Å². The molecule has 0 aliphatic heterocycles. The Labute approximate surface area is 140 Å². The standard InChI is InChI=1S/C18H34N2O3/c1-5-13-6-8-18(22,9-7-13)12-19-14-10-15(11-14)20-16(21)23-17(2,3)4/h13-15,19,22H,5-12H2,1-4H3,(H,20,21). The summed E-state index contributed by atoms with van der Waals surface area (Å²) in [6, 6.07) is 0.579. The molecule has 0 spiro atoms. The quantitative estimate of drug-likeness (QED) is 0.726. The first-order chi connectivity index (χ1) is 10.7. The van der Waals surface area contributed by atoms with E-state index in [1.54, 1.807) is 0 Å². The monoisotopic (exact) mass is 326 g/mol. The van der Waals surface area contributed by atoms with E-state index in [-0.39, 0.29) is 12.1 Å². The van der Waals surface area contributed by atoms with Crippen LogP contribution in [0.1, 0.15) is 72.6 Å². The average Bonchev–Trinajstić information content (AvgIpc) is 2.40. The molecule has 0 aromatic carbocycles. The van der Waals surface area contributed by atoms with Gasteiger partial charge in [-0.3, -0.25) is 0 Å². The summed E-state index contributed by atoms with van der Waals surface area (Å²) in [5, 5.41) is 17.0. The number of alkyl carbamates (subject to hydrolysis) is 1. The van der Waals surface area contributed by atoms with Gasteiger partial charge >= 0.3 is 6.09 Å². The van der Waals surface area contributed by atoms with Gasteiger partial charge < -0.3 is 20.5 Å². The van der Waals surface area contributed by atoms with E-state index < -0.39 is 11.2 Å². The van der Waals surface area contributed by atoms with Gasteiger partial charge in [-0.25, -0.2) is 4.79 Å². The molecule has 0 bridgehead atoms. The molecule has 0 atom stereocenters. The van der Waals surface area contributed by atoms with Gasteiger partial charge in [0.15, 0.2) is 0 Å². The maximum absolute atomic E-state index is 11.7. The van der Waals surface area contributed by atoms with Crippen LogP contribution in [0.4, 0.5) is 4.79 Å². The number of carbonyl (C=O) groups is 1. The Kier molecular flexibility index (Phi) is 5.95. The lowest BCUT2D eigenvalue weighted by molar-refractivity contribution is -0.0139. The topological polar surface area (TPSA) is 70.6 Å². The zero-order chi connectivity index (χ0) is 17.1. The lowest BCUT2D eigenvalue weighted by Gasteiger charge is -2.41. The highest BCUT2D eigenvalue weighted by Crippen LogP contribution is 2.33. The summed E-state index contributed by atoms with van der Waals surface area (Å²) < 4.78 is 5.26. The molecule has 0 unspecified atom stereocenters. The Balaban J connectivity index is 1.60. The molecule has 2 saturated carbocycles. The van der Waals surface area contributed by atoms with E-state index in [1.807, 2.05) is 20.8 Å². The van der Waals surface area contributed by atoms with Gasteiger partial charge in [-0.2, -0.15) is 0 Å². The van der Waals surface area contributed by atoms with Crippen LogP contribution in [0.15, 0.2) is 0 Å². The summed E-state index contributed by atoms with van der Waals surface area (Å²) >= 11 is 0. The number of hydrogen-bond donors (Lipinski definition) is 3. The van der Waals surface area contributed by atoms with Crippen LogP contribution in [0.3, 0.4) is 0 Å². The molecule has 0 saturated heterocycles. The van der Waals surface area contributed by atoms with E-state index in [0.29, 0.717) is 12.6 Å². The molecule has 2 fully saturated rings. The Morgan fingerprint density at radius 1 is 1.22 bits per heavy atom. The summed E-state index contributed by atoms with van der Waals surface area (Å²) in [6.45, 7) is 8.51. The van der Waals surface area contributed by atoms with Crippen LogP contribution in [0.25, 0.3) is 0 Å². The Morgan fingerprint density at radius 2 is 1.83 bits per heavy atom. The van der Waals surface area contributed by atoms with Crippen molar-refractivity contribution in [3.05, 3.63) is 0 Å². The van der Waals surface area contributed by atoms with Crippen molar-refractivity contribution in [1.82, 2.24) is 10.6 Å². The minimum atomic E-state index is -0.532. The molecular weight excluding hydrogens is 292 g/mol. The third-order valence-electron chi connectivity index (χ3n) is 5.19. The van der Waals surface area contributed by atoms with Gasteiger partial charge in [-0.15, -0.1) is 0 Å². The Morgan fingerprint density at radius 3 is 2.35 bits per heavy atom. The maximum Gasteiger partial charge on any atom is 0.407 e. The largest absolute Gasteiger partial charge is 0.444 e. The van der Waals surface area contributed by atoms with E-state index in [1.165, 1.54) is 6.42 Å². The first kappa shape index (κ1) is 18.5. The number of aliphatic hydroxyl groups is 1. The third kappa shape index (κ3) is 5.96. The first-order valence-corrected chi connectivity index (χ1v) is 9.14. The van der Waals surface area contributed by atoms with Crippen molar-refractivity contribution in [2.45, 2.75) is 95.9 Å². The van der Waals surface area contributed by atoms with Crippen molar-refractivity contribution in [3.8, 4) is 0 Å². The highest BCUT2D eigenvalue weighted by Gasteiger charge is 2.36.